The van der Waals surface area contributed by atoms with Crippen molar-refractivity contribution in [2.24, 2.45) is 0 Å². The summed E-state index contributed by atoms with van der Waals surface area (Å²) >= 11 is 0. The Morgan fingerprint density at radius 2 is 1.53 bits per heavy atom. The van der Waals surface area contributed by atoms with E-state index in [9.17, 15) is 22.7 Å². The van der Waals surface area contributed by atoms with Gasteiger partial charge in [0.1, 0.15) is 23.1 Å². The van der Waals surface area contributed by atoms with E-state index in [1.807, 2.05) is 0 Å². The van der Waals surface area contributed by atoms with Gasteiger partial charge in [-0.3, -0.25) is 4.79 Å². The Morgan fingerprint density at radius 3 is 2.16 bits per heavy atom. The average Bonchev–Trinajstić information content (AvgIpc) is 3.33. The number of amides is 1. The van der Waals surface area contributed by atoms with Gasteiger partial charge in [-0.2, -0.15) is 4.31 Å². The lowest BCUT2D eigenvalue weighted by molar-refractivity contribution is 0.102. The summed E-state index contributed by atoms with van der Waals surface area (Å²) in [6.45, 7) is 0.911. The number of sulfonamides is 1. The Balaban J connectivity index is 1.48. The normalized spacial score (nSPS) is 14.3. The first-order valence-corrected chi connectivity index (χ1v) is 11.4. The van der Waals surface area contributed by atoms with Gasteiger partial charge in [0.05, 0.1) is 10.6 Å². The molecule has 0 radical (unpaired) electrons. The third-order valence-electron chi connectivity index (χ3n) is 5.08. The van der Waals surface area contributed by atoms with Gasteiger partial charge in [0.2, 0.25) is 10.0 Å². The zero-order valence-corrected chi connectivity index (χ0v) is 17.8. The van der Waals surface area contributed by atoms with Crippen LogP contribution in [0.1, 0.15) is 23.2 Å². The molecule has 1 heterocycles. The lowest BCUT2D eigenvalue weighted by Crippen LogP contribution is -2.28. The maximum Gasteiger partial charge on any atom is 0.255 e. The van der Waals surface area contributed by atoms with E-state index in [1.54, 1.807) is 12.1 Å². The molecule has 7 nitrogen and oxygen atoms in total. The molecule has 0 aliphatic carbocycles. The number of hydrogen-bond donors (Lipinski definition) is 2. The number of rotatable bonds is 6. The summed E-state index contributed by atoms with van der Waals surface area (Å²) < 4.78 is 45.5. The number of carbonyl (C=O) groups excluding carboxylic acids is 1. The van der Waals surface area contributed by atoms with Gasteiger partial charge in [-0.05, 0) is 79.6 Å². The van der Waals surface area contributed by atoms with Crippen LogP contribution in [0.3, 0.4) is 0 Å². The van der Waals surface area contributed by atoms with E-state index < -0.39 is 15.9 Å². The Bertz CT molecular complexity index is 1220. The summed E-state index contributed by atoms with van der Waals surface area (Å²) in [7, 11) is -3.69. The summed E-state index contributed by atoms with van der Waals surface area (Å²) in [4.78, 5) is 12.6. The molecule has 0 bridgehead atoms. The lowest BCUT2D eigenvalue weighted by atomic mass is 10.2. The van der Waals surface area contributed by atoms with Crippen molar-refractivity contribution in [1.29, 1.82) is 0 Å². The number of aromatic hydroxyl groups is 1. The fraction of sp³-hybridized carbons (Fsp3) is 0.174. The number of nitrogens with one attached hydrogen (secondary N) is 1. The van der Waals surface area contributed by atoms with E-state index in [-0.39, 0.29) is 27.7 Å². The van der Waals surface area contributed by atoms with Crippen molar-refractivity contribution in [3.8, 4) is 17.2 Å². The molecule has 0 unspecified atom stereocenters. The minimum Gasteiger partial charge on any atom is -0.506 e. The molecule has 166 valence electrons. The fourth-order valence-corrected chi connectivity index (χ4v) is 4.90. The van der Waals surface area contributed by atoms with Crippen LogP contribution in [-0.2, 0) is 10.0 Å². The van der Waals surface area contributed by atoms with Gasteiger partial charge < -0.3 is 15.2 Å². The summed E-state index contributed by atoms with van der Waals surface area (Å²) in [5, 5.41) is 12.7. The Morgan fingerprint density at radius 1 is 0.938 bits per heavy atom. The standard InChI is InChI=1S/C23H21FN2O5S/c24-17-5-9-19(10-6-17)31-18-7-3-16(4-8-18)23(28)25-21-15-20(11-12-22(21)27)32(29,30)26-13-1-2-14-26/h3-12,15,27H,1-2,13-14H2,(H,25,28). The molecule has 1 amide bonds. The molecule has 4 rings (SSSR count). The zero-order chi connectivity index (χ0) is 22.7. The predicted molar refractivity (Wildman–Crippen MR) is 117 cm³/mol. The van der Waals surface area contributed by atoms with Crippen molar-refractivity contribution in [3.05, 3.63) is 78.1 Å². The van der Waals surface area contributed by atoms with Gasteiger partial charge >= 0.3 is 0 Å². The van der Waals surface area contributed by atoms with E-state index in [0.29, 0.717) is 24.6 Å². The largest absolute Gasteiger partial charge is 0.506 e. The van der Waals surface area contributed by atoms with Crippen molar-refractivity contribution in [2.45, 2.75) is 17.7 Å². The monoisotopic (exact) mass is 456 g/mol. The second-order valence-corrected chi connectivity index (χ2v) is 9.26. The van der Waals surface area contributed by atoms with Crippen molar-refractivity contribution in [2.75, 3.05) is 18.4 Å². The highest BCUT2D eigenvalue weighted by molar-refractivity contribution is 7.89. The SMILES string of the molecule is O=C(Nc1cc(S(=O)(=O)N2CCCC2)ccc1O)c1ccc(Oc2ccc(F)cc2)cc1. The van der Waals surface area contributed by atoms with Crippen LogP contribution in [0.4, 0.5) is 10.1 Å². The number of ether oxygens (including phenoxy) is 1. The number of carbonyl (C=O) groups is 1. The zero-order valence-electron chi connectivity index (χ0n) is 17.0. The van der Waals surface area contributed by atoms with E-state index in [2.05, 4.69) is 5.32 Å². The number of benzene rings is 3. The minimum atomic E-state index is -3.69. The number of anilines is 1. The van der Waals surface area contributed by atoms with Gasteiger partial charge in [0.15, 0.2) is 0 Å². The first kappa shape index (κ1) is 21.8. The second kappa shape index (κ2) is 8.97. The van der Waals surface area contributed by atoms with Gasteiger partial charge in [-0.1, -0.05) is 0 Å². The highest BCUT2D eigenvalue weighted by Gasteiger charge is 2.28. The summed E-state index contributed by atoms with van der Waals surface area (Å²) in [5.74, 6) is -0.233. The molecule has 0 atom stereocenters. The van der Waals surface area contributed by atoms with Crippen LogP contribution in [0.15, 0.2) is 71.6 Å². The molecule has 1 aliphatic rings. The van der Waals surface area contributed by atoms with Crippen LogP contribution in [0.5, 0.6) is 17.2 Å². The molecule has 32 heavy (non-hydrogen) atoms. The van der Waals surface area contributed by atoms with Gasteiger partial charge in [-0.25, -0.2) is 12.8 Å². The van der Waals surface area contributed by atoms with Gasteiger partial charge in [0, 0.05) is 18.7 Å². The van der Waals surface area contributed by atoms with Gasteiger partial charge in [-0.15, -0.1) is 0 Å². The molecular weight excluding hydrogens is 435 g/mol. The Labute approximate surface area is 185 Å². The van der Waals surface area contributed by atoms with Crippen LogP contribution in [0.2, 0.25) is 0 Å². The molecule has 0 aromatic heterocycles. The first-order valence-electron chi connectivity index (χ1n) is 10.0. The summed E-state index contributed by atoms with van der Waals surface area (Å²) in [6.07, 6.45) is 1.61. The molecule has 3 aromatic rings. The van der Waals surface area contributed by atoms with Gasteiger partial charge in [0.25, 0.3) is 5.91 Å². The molecule has 0 spiro atoms. The number of hydrogen-bond acceptors (Lipinski definition) is 5. The lowest BCUT2D eigenvalue weighted by Gasteiger charge is -2.16. The highest BCUT2D eigenvalue weighted by Crippen LogP contribution is 2.30. The quantitative estimate of drug-likeness (QED) is 0.538. The molecule has 1 aliphatic heterocycles. The molecule has 9 heteroatoms. The molecule has 3 aromatic carbocycles. The van der Waals surface area contributed by atoms with Crippen LogP contribution in [0.25, 0.3) is 0 Å². The van der Waals surface area contributed by atoms with Crippen molar-refractivity contribution < 1.29 is 27.4 Å². The fourth-order valence-electron chi connectivity index (χ4n) is 3.36. The number of halogens is 1. The van der Waals surface area contributed by atoms with Crippen molar-refractivity contribution in [1.82, 2.24) is 4.31 Å². The Hall–Kier alpha value is -3.43. The molecule has 2 N–H and O–H groups in total. The van der Waals surface area contributed by atoms with E-state index >= 15 is 0 Å². The van der Waals surface area contributed by atoms with E-state index in [4.69, 9.17) is 4.74 Å². The third kappa shape index (κ3) is 4.74. The number of phenolic OH excluding ortho intramolecular Hbond substituents is 1. The van der Waals surface area contributed by atoms with Crippen molar-refractivity contribution >= 4 is 21.6 Å². The van der Waals surface area contributed by atoms with Crippen molar-refractivity contribution in [3.63, 3.8) is 0 Å². The Kier molecular flexibility index (Phi) is 6.11. The molecule has 1 saturated heterocycles. The number of phenols is 1. The maximum atomic E-state index is 13.0. The van der Waals surface area contributed by atoms with Crippen LogP contribution >= 0.6 is 0 Å². The second-order valence-electron chi connectivity index (χ2n) is 7.32. The number of nitrogens with zero attached hydrogens (tertiary/aromatic N) is 1. The average molecular weight is 456 g/mol. The molecule has 1 fully saturated rings. The summed E-state index contributed by atoms with van der Waals surface area (Å²) in [5.41, 5.74) is 0.283. The maximum absolute atomic E-state index is 13.0. The first-order chi connectivity index (χ1) is 15.3. The summed E-state index contributed by atoms with van der Waals surface area (Å²) in [6, 6.07) is 15.6. The third-order valence-corrected chi connectivity index (χ3v) is 6.98. The predicted octanol–water partition coefficient (Wildman–Crippen LogP) is 4.36. The van der Waals surface area contributed by atoms with E-state index in [0.717, 1.165) is 12.8 Å². The molecular formula is C23H21FN2O5S. The van der Waals surface area contributed by atoms with Crippen LogP contribution < -0.4 is 10.1 Å². The molecule has 0 saturated carbocycles. The smallest absolute Gasteiger partial charge is 0.255 e. The topological polar surface area (TPSA) is 95.9 Å². The van der Waals surface area contributed by atoms with Crippen LogP contribution in [0, 0.1) is 5.82 Å². The minimum absolute atomic E-state index is 0.00177. The van der Waals surface area contributed by atoms with E-state index in [1.165, 1.54) is 58.9 Å². The van der Waals surface area contributed by atoms with Crippen LogP contribution in [-0.4, -0.2) is 36.8 Å². The highest BCUT2D eigenvalue weighted by atomic mass is 32.2.